The molecule has 0 saturated carbocycles. The van der Waals surface area contributed by atoms with Gasteiger partial charge >= 0.3 is 0 Å². The lowest BCUT2D eigenvalue weighted by Crippen LogP contribution is -2.18. The first-order chi connectivity index (χ1) is 10.5. The van der Waals surface area contributed by atoms with E-state index in [0.717, 1.165) is 36.1 Å². The van der Waals surface area contributed by atoms with Gasteiger partial charge in [0.15, 0.2) is 0 Å². The van der Waals surface area contributed by atoms with Gasteiger partial charge in [-0.15, -0.1) is 0 Å². The van der Waals surface area contributed by atoms with Gasteiger partial charge in [0.2, 0.25) is 11.8 Å². The first kappa shape index (κ1) is 17.9. The third kappa shape index (κ3) is 7.04. The molecule has 0 aliphatic carbocycles. The molecule has 0 bridgehead atoms. The molecule has 0 aliphatic rings. The number of hydroxylamine groups is 1. The van der Waals surface area contributed by atoms with Gasteiger partial charge in [0.25, 0.3) is 0 Å². The van der Waals surface area contributed by atoms with Crippen LogP contribution in [0.5, 0.6) is 0 Å². The molecule has 0 radical (unpaired) electrons. The first-order valence-electron chi connectivity index (χ1n) is 7.46. The van der Waals surface area contributed by atoms with Crippen LogP contribution in [0.1, 0.15) is 46.0 Å². The highest BCUT2D eigenvalue weighted by molar-refractivity contribution is 5.90. The highest BCUT2D eigenvalue weighted by atomic mass is 16.5. The quantitative estimate of drug-likeness (QED) is 0.298. The summed E-state index contributed by atoms with van der Waals surface area (Å²) in [5.74, 6) is -0.386. The third-order valence-electron chi connectivity index (χ3n) is 3.54. The van der Waals surface area contributed by atoms with Crippen LogP contribution in [0.2, 0.25) is 0 Å². The number of benzene rings is 1. The number of rotatable bonds is 8. The van der Waals surface area contributed by atoms with Crippen molar-refractivity contribution in [3.8, 4) is 0 Å². The number of amides is 2. The fraction of sp³-hybridized carbons (Fsp3) is 0.412. The number of carbonyl (C=O) groups excluding carboxylic acids is 2. The molecule has 0 atom stereocenters. The fourth-order valence-electron chi connectivity index (χ4n) is 2.07. The Bertz CT molecular complexity index is 524. The first-order valence-corrected chi connectivity index (χ1v) is 7.46. The van der Waals surface area contributed by atoms with Crippen molar-refractivity contribution in [1.29, 1.82) is 0 Å². The maximum atomic E-state index is 11.8. The normalized spacial score (nSPS) is 11.6. The van der Waals surface area contributed by atoms with Crippen LogP contribution in [0.3, 0.4) is 0 Å². The number of para-hydroxylation sites is 1. The van der Waals surface area contributed by atoms with Crippen LogP contribution in [0, 0.1) is 0 Å². The molecule has 0 aromatic heterocycles. The van der Waals surface area contributed by atoms with E-state index in [2.05, 4.69) is 5.32 Å². The summed E-state index contributed by atoms with van der Waals surface area (Å²) in [5, 5.41) is 11.4. The van der Waals surface area contributed by atoms with Crippen molar-refractivity contribution in [2.75, 3.05) is 5.32 Å². The summed E-state index contributed by atoms with van der Waals surface area (Å²) >= 11 is 0. The molecule has 1 aromatic carbocycles. The number of carbonyl (C=O) groups is 2. The molecule has 0 saturated heterocycles. The molecule has 3 N–H and O–H groups in total. The Labute approximate surface area is 131 Å². The van der Waals surface area contributed by atoms with Gasteiger partial charge < -0.3 is 5.32 Å². The van der Waals surface area contributed by atoms with Crippen LogP contribution in [-0.2, 0) is 9.59 Å². The van der Waals surface area contributed by atoms with Crippen molar-refractivity contribution >= 4 is 17.5 Å². The predicted molar refractivity (Wildman–Crippen MR) is 86.5 cm³/mol. The average Bonchev–Trinajstić information content (AvgIpc) is 2.52. The van der Waals surface area contributed by atoms with Crippen LogP contribution >= 0.6 is 0 Å². The molecule has 5 nitrogen and oxygen atoms in total. The Morgan fingerprint density at radius 1 is 0.955 bits per heavy atom. The summed E-state index contributed by atoms with van der Waals surface area (Å²) in [4.78, 5) is 22.8. The Kier molecular flexibility index (Phi) is 7.92. The summed E-state index contributed by atoms with van der Waals surface area (Å²) in [6, 6.07) is 9.40. The molecular weight excluding hydrogens is 280 g/mol. The topological polar surface area (TPSA) is 78.4 Å². The third-order valence-corrected chi connectivity index (χ3v) is 3.54. The Hall–Kier alpha value is -2.14. The van der Waals surface area contributed by atoms with Gasteiger partial charge in [-0.05, 0) is 45.2 Å². The zero-order valence-electron chi connectivity index (χ0n) is 13.2. The van der Waals surface area contributed by atoms with E-state index in [1.807, 2.05) is 44.2 Å². The molecule has 22 heavy (non-hydrogen) atoms. The molecular formula is C17H24N2O3. The van der Waals surface area contributed by atoms with Crippen LogP contribution in [0.25, 0.3) is 0 Å². The molecule has 5 heteroatoms. The second-order valence-corrected chi connectivity index (χ2v) is 5.39. The van der Waals surface area contributed by atoms with E-state index < -0.39 is 5.91 Å². The van der Waals surface area contributed by atoms with Gasteiger partial charge in [-0.25, -0.2) is 5.48 Å². The van der Waals surface area contributed by atoms with E-state index in [-0.39, 0.29) is 12.3 Å². The summed E-state index contributed by atoms with van der Waals surface area (Å²) in [7, 11) is 0. The van der Waals surface area contributed by atoms with E-state index in [1.165, 1.54) is 0 Å². The van der Waals surface area contributed by atoms with E-state index in [0.29, 0.717) is 6.42 Å². The minimum Gasteiger partial charge on any atom is -0.326 e. The van der Waals surface area contributed by atoms with Gasteiger partial charge in [0, 0.05) is 18.5 Å². The van der Waals surface area contributed by atoms with Gasteiger partial charge in [-0.2, -0.15) is 0 Å². The monoisotopic (exact) mass is 304 g/mol. The highest BCUT2D eigenvalue weighted by Crippen LogP contribution is 2.15. The fourth-order valence-corrected chi connectivity index (χ4v) is 2.07. The van der Waals surface area contributed by atoms with E-state index in [9.17, 15) is 9.59 Å². The summed E-state index contributed by atoms with van der Waals surface area (Å²) in [6.45, 7) is 3.86. The van der Waals surface area contributed by atoms with E-state index in [1.54, 1.807) is 5.48 Å². The van der Waals surface area contributed by atoms with Crippen molar-refractivity contribution in [1.82, 2.24) is 5.48 Å². The predicted octanol–water partition coefficient (Wildman–Crippen LogP) is 3.42. The van der Waals surface area contributed by atoms with Crippen LogP contribution in [0.4, 0.5) is 5.69 Å². The van der Waals surface area contributed by atoms with Gasteiger partial charge in [-0.1, -0.05) is 29.3 Å². The lowest BCUT2D eigenvalue weighted by Gasteiger charge is -2.08. The van der Waals surface area contributed by atoms with Crippen LogP contribution < -0.4 is 10.8 Å². The zero-order valence-corrected chi connectivity index (χ0v) is 13.2. The molecule has 0 fully saturated rings. The molecule has 120 valence electrons. The molecule has 0 spiro atoms. The molecule has 0 aliphatic heterocycles. The van der Waals surface area contributed by atoms with Gasteiger partial charge in [0.1, 0.15) is 0 Å². The highest BCUT2D eigenvalue weighted by Gasteiger charge is 2.05. The summed E-state index contributed by atoms with van der Waals surface area (Å²) in [5.41, 5.74) is 4.53. The standard InChI is InChI=1S/C17H24N2O3/c1-13(14(2)12-17(21)19-22)8-6-7-11-16(20)18-15-9-4-3-5-10-15/h3-5,9-10,22H,6-8,11-12H2,1-2H3,(H,18,20)(H,19,21). The second kappa shape index (κ2) is 9.73. The summed E-state index contributed by atoms with van der Waals surface area (Å²) < 4.78 is 0. The number of allylic oxidation sites excluding steroid dienone is 1. The number of nitrogens with one attached hydrogen (secondary N) is 2. The number of hydrogen-bond donors (Lipinski definition) is 3. The number of hydrogen-bond acceptors (Lipinski definition) is 3. The van der Waals surface area contributed by atoms with Crippen molar-refractivity contribution in [2.45, 2.75) is 46.0 Å². The molecule has 2 amide bonds. The largest absolute Gasteiger partial charge is 0.326 e. The second-order valence-electron chi connectivity index (χ2n) is 5.39. The zero-order chi connectivity index (χ0) is 16.4. The minimum atomic E-state index is -0.404. The maximum Gasteiger partial charge on any atom is 0.247 e. The Balaban J connectivity index is 2.25. The number of unbranched alkanes of at least 4 members (excludes halogenated alkanes) is 1. The lowest BCUT2D eigenvalue weighted by molar-refractivity contribution is -0.128. The SMILES string of the molecule is CC(CCCCC(=O)Nc1ccccc1)=C(C)CC(=O)NO. The average molecular weight is 304 g/mol. The van der Waals surface area contributed by atoms with Crippen molar-refractivity contribution < 1.29 is 14.8 Å². The van der Waals surface area contributed by atoms with Crippen molar-refractivity contribution in [2.24, 2.45) is 0 Å². The van der Waals surface area contributed by atoms with Crippen molar-refractivity contribution in [3.63, 3.8) is 0 Å². The Morgan fingerprint density at radius 2 is 1.59 bits per heavy atom. The molecule has 1 rings (SSSR count). The Morgan fingerprint density at radius 3 is 2.23 bits per heavy atom. The molecule has 0 heterocycles. The maximum absolute atomic E-state index is 11.8. The lowest BCUT2D eigenvalue weighted by atomic mass is 10.0. The van der Waals surface area contributed by atoms with Gasteiger partial charge in [0.05, 0.1) is 0 Å². The van der Waals surface area contributed by atoms with Crippen molar-refractivity contribution in [3.05, 3.63) is 41.5 Å². The van der Waals surface area contributed by atoms with Crippen LogP contribution in [-0.4, -0.2) is 17.0 Å². The number of anilines is 1. The molecule has 1 aromatic rings. The van der Waals surface area contributed by atoms with E-state index in [4.69, 9.17) is 5.21 Å². The minimum absolute atomic E-state index is 0.0178. The van der Waals surface area contributed by atoms with Gasteiger partial charge in [-0.3, -0.25) is 14.8 Å². The smallest absolute Gasteiger partial charge is 0.247 e. The van der Waals surface area contributed by atoms with Crippen LogP contribution in [0.15, 0.2) is 41.5 Å². The summed E-state index contributed by atoms with van der Waals surface area (Å²) in [6.07, 6.45) is 3.24. The van der Waals surface area contributed by atoms with E-state index >= 15 is 0 Å². The molecule has 0 unspecified atom stereocenters.